The summed E-state index contributed by atoms with van der Waals surface area (Å²) in [6.45, 7) is 0.469. The third-order valence-corrected chi connectivity index (χ3v) is 1.94. The third kappa shape index (κ3) is 4.46. The molecule has 0 saturated heterocycles. The van der Waals surface area contributed by atoms with Gasteiger partial charge in [0.1, 0.15) is 18.6 Å². The predicted octanol–water partition coefficient (Wildman–Crippen LogP) is 0.809. The van der Waals surface area contributed by atoms with E-state index in [1.54, 1.807) is 7.11 Å². The normalized spacial score (nSPS) is 8.72. The van der Waals surface area contributed by atoms with Gasteiger partial charge in [-0.3, -0.25) is 0 Å². The first-order chi connectivity index (χ1) is 8.80. The topological polar surface area (TPSA) is 94.2 Å². The number of ether oxygens (including phenoxy) is 2. The first-order valence-corrected chi connectivity index (χ1v) is 4.91. The first kappa shape index (κ1) is 13.4. The number of nitrogens with zero attached hydrogens (tertiary/aromatic N) is 2. The van der Waals surface area contributed by atoms with Crippen LogP contribution in [-0.2, 0) is 16.2 Å². The highest BCUT2D eigenvalue weighted by Gasteiger charge is 1.98. The molecule has 0 spiro atoms. The van der Waals surface area contributed by atoms with Gasteiger partial charge in [0.2, 0.25) is 0 Å². The minimum atomic E-state index is 0.250. The van der Waals surface area contributed by atoms with E-state index < -0.39 is 0 Å². The monoisotopic (exact) mass is 249 g/mol. The van der Waals surface area contributed by atoms with Crippen LogP contribution in [-0.4, -0.2) is 28.7 Å². The zero-order valence-electron chi connectivity index (χ0n) is 9.62. The molecule has 0 radical (unpaired) electrons. The summed E-state index contributed by atoms with van der Waals surface area (Å²) in [6, 6.07) is 7.67. The summed E-state index contributed by atoms with van der Waals surface area (Å²) >= 11 is 0. The van der Waals surface area contributed by atoms with Crippen molar-refractivity contribution in [1.29, 1.82) is 0 Å². The number of benzene rings is 1. The molecular formula is C11H11N3O4. The molecule has 0 fully saturated rings. The lowest BCUT2D eigenvalue weighted by atomic mass is 10.2. The molecule has 94 valence electrons. The standard InChI is InChI=1S/C10H11N3O2.CO2/c1-14-9-4-2-8(3-5-9)7-15-10-6-11-13-12-10;2-1-3/h2-6H,7H2,1H3,(H,11,12,13);. The van der Waals surface area contributed by atoms with Crippen LogP contribution in [0.4, 0.5) is 0 Å². The highest BCUT2D eigenvalue weighted by Crippen LogP contribution is 2.12. The average Bonchev–Trinajstić information content (AvgIpc) is 2.91. The zero-order valence-corrected chi connectivity index (χ0v) is 9.62. The van der Waals surface area contributed by atoms with Crippen molar-refractivity contribution in [1.82, 2.24) is 15.4 Å². The molecule has 0 amide bonds. The van der Waals surface area contributed by atoms with Crippen LogP contribution in [0.25, 0.3) is 0 Å². The van der Waals surface area contributed by atoms with Crippen molar-refractivity contribution in [3.05, 3.63) is 36.0 Å². The van der Waals surface area contributed by atoms with Crippen molar-refractivity contribution in [2.24, 2.45) is 0 Å². The number of aromatic nitrogens is 3. The van der Waals surface area contributed by atoms with E-state index in [1.165, 1.54) is 6.20 Å². The molecule has 0 bridgehead atoms. The Bertz CT molecular complexity index is 475. The minimum Gasteiger partial charge on any atom is -0.497 e. The molecule has 0 atom stereocenters. The maximum atomic E-state index is 8.12. The molecule has 0 aliphatic carbocycles. The summed E-state index contributed by atoms with van der Waals surface area (Å²) in [4.78, 5) is 16.2. The molecule has 0 aliphatic heterocycles. The summed E-state index contributed by atoms with van der Waals surface area (Å²) in [5, 5.41) is 9.90. The van der Waals surface area contributed by atoms with Crippen LogP contribution >= 0.6 is 0 Å². The summed E-state index contributed by atoms with van der Waals surface area (Å²) in [5.41, 5.74) is 1.05. The molecule has 0 unspecified atom stereocenters. The fraction of sp³-hybridized carbons (Fsp3) is 0.182. The fourth-order valence-electron chi connectivity index (χ4n) is 1.14. The van der Waals surface area contributed by atoms with Gasteiger partial charge in [0.25, 0.3) is 5.88 Å². The van der Waals surface area contributed by atoms with Crippen molar-refractivity contribution in [3.63, 3.8) is 0 Å². The van der Waals surface area contributed by atoms with Gasteiger partial charge < -0.3 is 9.47 Å². The Morgan fingerprint density at radius 3 is 2.44 bits per heavy atom. The van der Waals surface area contributed by atoms with Crippen molar-refractivity contribution < 1.29 is 19.1 Å². The average molecular weight is 249 g/mol. The Kier molecular flexibility index (Phi) is 5.65. The van der Waals surface area contributed by atoms with Crippen LogP contribution in [0.2, 0.25) is 0 Å². The second-order valence-electron chi connectivity index (χ2n) is 3.03. The van der Waals surface area contributed by atoms with Crippen molar-refractivity contribution >= 4 is 6.15 Å². The van der Waals surface area contributed by atoms with E-state index in [9.17, 15) is 0 Å². The van der Waals surface area contributed by atoms with E-state index in [2.05, 4.69) is 15.4 Å². The van der Waals surface area contributed by atoms with Crippen LogP contribution < -0.4 is 9.47 Å². The van der Waals surface area contributed by atoms with E-state index in [-0.39, 0.29) is 6.15 Å². The van der Waals surface area contributed by atoms with E-state index in [4.69, 9.17) is 19.1 Å². The molecule has 1 aromatic carbocycles. The molecule has 7 nitrogen and oxygen atoms in total. The number of hydrogen-bond donors (Lipinski definition) is 1. The van der Waals surface area contributed by atoms with E-state index in [0.29, 0.717) is 12.5 Å². The van der Waals surface area contributed by atoms with Crippen LogP contribution in [0.5, 0.6) is 11.6 Å². The Labute approximate surface area is 103 Å². The quantitative estimate of drug-likeness (QED) is 0.861. The number of hydrogen-bond acceptors (Lipinski definition) is 6. The van der Waals surface area contributed by atoms with Gasteiger partial charge in [0.05, 0.1) is 7.11 Å². The Hall–Kier alpha value is -2.66. The number of rotatable bonds is 4. The Balaban J connectivity index is 0.000000492. The smallest absolute Gasteiger partial charge is 0.373 e. The van der Waals surface area contributed by atoms with E-state index in [1.807, 2.05) is 24.3 Å². The maximum Gasteiger partial charge on any atom is 0.373 e. The van der Waals surface area contributed by atoms with Gasteiger partial charge in [-0.1, -0.05) is 12.1 Å². The van der Waals surface area contributed by atoms with Gasteiger partial charge in [-0.2, -0.15) is 19.9 Å². The maximum absolute atomic E-state index is 8.12. The SMILES string of the molecule is COc1ccc(COc2cn[nH]n2)cc1.O=C=O. The fourth-order valence-corrected chi connectivity index (χ4v) is 1.14. The largest absolute Gasteiger partial charge is 0.497 e. The zero-order chi connectivity index (χ0) is 13.2. The van der Waals surface area contributed by atoms with E-state index >= 15 is 0 Å². The molecule has 0 saturated carbocycles. The molecule has 0 aliphatic rings. The molecule has 1 heterocycles. The van der Waals surface area contributed by atoms with Gasteiger partial charge in [0, 0.05) is 0 Å². The molecular weight excluding hydrogens is 238 g/mol. The van der Waals surface area contributed by atoms with Crippen LogP contribution in [0.1, 0.15) is 5.56 Å². The predicted molar refractivity (Wildman–Crippen MR) is 58.7 cm³/mol. The summed E-state index contributed by atoms with van der Waals surface area (Å²) in [7, 11) is 1.64. The second-order valence-corrected chi connectivity index (χ2v) is 3.03. The second kappa shape index (κ2) is 7.59. The molecule has 2 rings (SSSR count). The third-order valence-electron chi connectivity index (χ3n) is 1.94. The lowest BCUT2D eigenvalue weighted by molar-refractivity contribution is -0.191. The van der Waals surface area contributed by atoms with Crippen LogP contribution in [0.3, 0.4) is 0 Å². The van der Waals surface area contributed by atoms with Crippen LogP contribution in [0, 0.1) is 0 Å². The highest BCUT2D eigenvalue weighted by atomic mass is 16.5. The number of H-pyrrole nitrogens is 1. The van der Waals surface area contributed by atoms with Gasteiger partial charge in [-0.25, -0.2) is 0 Å². The van der Waals surface area contributed by atoms with Gasteiger partial charge >= 0.3 is 6.15 Å². The first-order valence-electron chi connectivity index (χ1n) is 4.91. The molecule has 2 aromatic rings. The Morgan fingerprint density at radius 1 is 1.28 bits per heavy atom. The van der Waals surface area contributed by atoms with Gasteiger partial charge in [-0.15, -0.1) is 5.10 Å². The molecule has 18 heavy (non-hydrogen) atoms. The minimum absolute atomic E-state index is 0.250. The number of aromatic amines is 1. The number of nitrogens with one attached hydrogen (secondary N) is 1. The lowest BCUT2D eigenvalue weighted by Gasteiger charge is -2.03. The van der Waals surface area contributed by atoms with Gasteiger partial charge in [-0.05, 0) is 17.7 Å². The van der Waals surface area contributed by atoms with Crippen LogP contribution in [0.15, 0.2) is 30.5 Å². The van der Waals surface area contributed by atoms with Crippen molar-refractivity contribution in [3.8, 4) is 11.6 Å². The van der Waals surface area contributed by atoms with E-state index in [0.717, 1.165) is 11.3 Å². The molecule has 7 heteroatoms. The molecule has 1 N–H and O–H groups in total. The Morgan fingerprint density at radius 2 is 1.94 bits per heavy atom. The van der Waals surface area contributed by atoms with Crippen molar-refractivity contribution in [2.45, 2.75) is 6.61 Å². The summed E-state index contributed by atoms with van der Waals surface area (Å²) in [6.07, 6.45) is 1.78. The molecule has 1 aromatic heterocycles. The summed E-state index contributed by atoms with van der Waals surface area (Å²) < 4.78 is 10.4. The summed E-state index contributed by atoms with van der Waals surface area (Å²) in [5.74, 6) is 1.33. The number of methoxy groups -OCH3 is 1. The van der Waals surface area contributed by atoms with Crippen molar-refractivity contribution in [2.75, 3.05) is 7.11 Å². The highest BCUT2D eigenvalue weighted by molar-refractivity contribution is 5.26. The van der Waals surface area contributed by atoms with Gasteiger partial charge in [0.15, 0.2) is 0 Å². The lowest BCUT2D eigenvalue weighted by Crippen LogP contribution is -1.95. The number of carbonyl (C=O) groups excluding carboxylic acids is 2.